The molecule has 0 atom stereocenters. The van der Waals surface area contributed by atoms with Crippen LogP contribution in [0.15, 0.2) is 35.5 Å². The number of carboxylic acids is 2. The van der Waals surface area contributed by atoms with Crippen LogP contribution in [0.3, 0.4) is 0 Å². The van der Waals surface area contributed by atoms with E-state index in [1.807, 2.05) is 24.2 Å². The number of fused-ring (bicyclic) bond motifs is 1. The summed E-state index contributed by atoms with van der Waals surface area (Å²) in [6, 6.07) is 6.42. The summed E-state index contributed by atoms with van der Waals surface area (Å²) in [5.74, 6) is -2.15. The minimum Gasteiger partial charge on any atom is -0.481 e. The number of halogens is 1. The molecular weight excluding hydrogens is 486 g/mol. The van der Waals surface area contributed by atoms with Crippen LogP contribution in [-0.2, 0) is 22.4 Å². The Kier molecular flexibility index (Phi) is 10.7. The maximum Gasteiger partial charge on any atom is 0.303 e. The SMILES string of the molecule is CN(c1cnccc1SC1CCCCC1)c1c(Cl)ccc2c1CCNCC2.O=C(O)CCC(=O)O. The number of benzene rings is 1. The number of hydrogen-bond acceptors (Lipinski definition) is 6. The van der Waals surface area contributed by atoms with E-state index in [0.717, 1.165) is 41.9 Å². The predicted molar refractivity (Wildman–Crippen MR) is 141 cm³/mol. The Hall–Kier alpha value is -2.29. The van der Waals surface area contributed by atoms with Crippen LogP contribution in [0.1, 0.15) is 56.1 Å². The number of thioether (sulfide) groups is 1. The van der Waals surface area contributed by atoms with E-state index >= 15 is 0 Å². The van der Waals surface area contributed by atoms with Gasteiger partial charge in [-0.1, -0.05) is 36.9 Å². The first-order valence-electron chi connectivity index (χ1n) is 12.2. The second kappa shape index (κ2) is 13.7. The van der Waals surface area contributed by atoms with Gasteiger partial charge >= 0.3 is 11.9 Å². The van der Waals surface area contributed by atoms with E-state index in [2.05, 4.69) is 40.4 Å². The van der Waals surface area contributed by atoms with E-state index in [4.69, 9.17) is 21.8 Å². The Morgan fingerprint density at radius 1 is 1.09 bits per heavy atom. The maximum absolute atomic E-state index is 9.64. The van der Waals surface area contributed by atoms with Gasteiger partial charge in [-0.25, -0.2) is 0 Å². The summed E-state index contributed by atoms with van der Waals surface area (Å²) in [5.41, 5.74) is 5.11. The van der Waals surface area contributed by atoms with Crippen molar-refractivity contribution >= 4 is 46.7 Å². The molecule has 3 N–H and O–H groups in total. The topological polar surface area (TPSA) is 103 Å². The number of carbonyl (C=O) groups is 2. The van der Waals surface area contributed by atoms with Crippen LogP contribution in [0.2, 0.25) is 5.02 Å². The summed E-state index contributed by atoms with van der Waals surface area (Å²) in [5, 5.41) is 20.9. The summed E-state index contributed by atoms with van der Waals surface area (Å²) >= 11 is 8.74. The average Bonchev–Trinajstić information content (AvgIpc) is 3.09. The summed E-state index contributed by atoms with van der Waals surface area (Å²) in [6.07, 6.45) is 12.1. The number of aromatic nitrogens is 1. The second-order valence-corrected chi connectivity index (χ2v) is 10.6. The Balaban J connectivity index is 0.000000371. The van der Waals surface area contributed by atoms with Crippen molar-refractivity contribution in [3.63, 3.8) is 0 Å². The third kappa shape index (κ3) is 8.12. The number of anilines is 2. The van der Waals surface area contributed by atoms with E-state index in [9.17, 15) is 9.59 Å². The Labute approximate surface area is 216 Å². The highest BCUT2D eigenvalue weighted by Gasteiger charge is 2.22. The highest BCUT2D eigenvalue weighted by atomic mass is 35.5. The van der Waals surface area contributed by atoms with Gasteiger partial charge in [0.15, 0.2) is 0 Å². The summed E-state index contributed by atoms with van der Waals surface area (Å²) in [4.78, 5) is 27.3. The van der Waals surface area contributed by atoms with Gasteiger partial charge in [0, 0.05) is 23.4 Å². The van der Waals surface area contributed by atoms with Gasteiger partial charge < -0.3 is 20.4 Å². The van der Waals surface area contributed by atoms with Crippen LogP contribution in [0.4, 0.5) is 11.4 Å². The van der Waals surface area contributed by atoms with Gasteiger partial charge in [-0.15, -0.1) is 11.8 Å². The molecule has 2 aliphatic rings. The molecule has 0 radical (unpaired) electrons. The van der Waals surface area contributed by atoms with Gasteiger partial charge in [0.1, 0.15) is 0 Å². The predicted octanol–water partition coefficient (Wildman–Crippen LogP) is 5.55. The number of aliphatic carboxylic acids is 2. The third-order valence-corrected chi connectivity index (χ3v) is 8.02. The van der Waals surface area contributed by atoms with Crippen LogP contribution in [0, 0.1) is 0 Å². The Bertz CT molecular complexity index is 1000. The molecule has 1 aliphatic carbocycles. The van der Waals surface area contributed by atoms with Crippen molar-refractivity contribution in [3.05, 3.63) is 46.7 Å². The third-order valence-electron chi connectivity index (χ3n) is 6.31. The van der Waals surface area contributed by atoms with Gasteiger partial charge in [-0.2, -0.15) is 0 Å². The molecule has 1 fully saturated rings. The van der Waals surface area contributed by atoms with E-state index in [1.54, 1.807) is 0 Å². The van der Waals surface area contributed by atoms with Crippen LogP contribution >= 0.6 is 23.4 Å². The minimum atomic E-state index is -1.08. The summed E-state index contributed by atoms with van der Waals surface area (Å²) in [6.45, 7) is 2.04. The fourth-order valence-corrected chi connectivity index (χ4v) is 6.19. The molecule has 2 aromatic rings. The molecule has 1 aliphatic heterocycles. The quantitative estimate of drug-likeness (QED) is 0.437. The van der Waals surface area contributed by atoms with E-state index in [0.29, 0.717) is 0 Å². The van der Waals surface area contributed by atoms with Crippen molar-refractivity contribution in [1.29, 1.82) is 0 Å². The molecule has 0 saturated heterocycles. The minimum absolute atomic E-state index is 0.296. The van der Waals surface area contributed by atoms with Gasteiger partial charge in [0.05, 0.1) is 35.4 Å². The van der Waals surface area contributed by atoms with Crippen molar-refractivity contribution < 1.29 is 19.8 Å². The highest BCUT2D eigenvalue weighted by Crippen LogP contribution is 2.42. The Morgan fingerprint density at radius 2 is 1.77 bits per heavy atom. The molecule has 0 spiro atoms. The summed E-state index contributed by atoms with van der Waals surface area (Å²) in [7, 11) is 2.14. The fourth-order valence-electron chi connectivity index (χ4n) is 4.51. The van der Waals surface area contributed by atoms with E-state index in [-0.39, 0.29) is 12.8 Å². The number of rotatable bonds is 7. The lowest BCUT2D eigenvalue weighted by molar-refractivity contribution is -0.143. The molecule has 35 heavy (non-hydrogen) atoms. The van der Waals surface area contributed by atoms with Crippen molar-refractivity contribution in [1.82, 2.24) is 10.3 Å². The van der Waals surface area contributed by atoms with Crippen molar-refractivity contribution in [2.24, 2.45) is 0 Å². The molecule has 0 amide bonds. The molecule has 9 heteroatoms. The number of pyridine rings is 1. The molecule has 190 valence electrons. The molecule has 1 aromatic carbocycles. The van der Waals surface area contributed by atoms with Crippen LogP contribution in [0.5, 0.6) is 0 Å². The molecule has 7 nitrogen and oxygen atoms in total. The maximum atomic E-state index is 9.64. The molecule has 0 unspecified atom stereocenters. The molecule has 1 aromatic heterocycles. The second-order valence-electron chi connectivity index (χ2n) is 8.85. The lowest BCUT2D eigenvalue weighted by atomic mass is 10.00. The van der Waals surface area contributed by atoms with E-state index < -0.39 is 11.9 Å². The molecular formula is C26H34ClN3O4S. The zero-order valence-corrected chi connectivity index (χ0v) is 21.7. The number of carboxylic acid groups (broad SMARTS) is 2. The van der Waals surface area contributed by atoms with Crippen LogP contribution in [0.25, 0.3) is 0 Å². The number of nitrogens with one attached hydrogen (secondary N) is 1. The van der Waals surface area contributed by atoms with Gasteiger partial charge in [0.25, 0.3) is 0 Å². The zero-order chi connectivity index (χ0) is 25.2. The van der Waals surface area contributed by atoms with Crippen LogP contribution in [-0.4, -0.2) is 52.5 Å². The Morgan fingerprint density at radius 3 is 2.46 bits per heavy atom. The van der Waals surface area contributed by atoms with Crippen molar-refractivity contribution in [2.75, 3.05) is 25.0 Å². The fraction of sp³-hybridized carbons (Fsp3) is 0.500. The van der Waals surface area contributed by atoms with Crippen LogP contribution < -0.4 is 10.2 Å². The first-order valence-corrected chi connectivity index (χ1v) is 13.4. The van der Waals surface area contributed by atoms with Gasteiger partial charge in [-0.3, -0.25) is 14.6 Å². The molecule has 4 rings (SSSR count). The first-order chi connectivity index (χ1) is 16.9. The molecule has 0 bridgehead atoms. The highest BCUT2D eigenvalue weighted by molar-refractivity contribution is 8.00. The lowest BCUT2D eigenvalue weighted by Gasteiger charge is -2.28. The van der Waals surface area contributed by atoms with Gasteiger partial charge in [-0.05, 0) is 62.0 Å². The summed E-state index contributed by atoms with van der Waals surface area (Å²) < 4.78 is 0. The number of nitrogens with zero attached hydrogens (tertiary/aromatic N) is 2. The smallest absolute Gasteiger partial charge is 0.303 e. The number of hydrogen-bond donors (Lipinski definition) is 3. The van der Waals surface area contributed by atoms with Crippen molar-refractivity contribution in [2.45, 2.75) is 67.9 Å². The monoisotopic (exact) mass is 519 g/mol. The van der Waals surface area contributed by atoms with Gasteiger partial charge in [0.2, 0.25) is 0 Å². The molecule has 1 saturated carbocycles. The first kappa shape index (κ1) is 27.3. The van der Waals surface area contributed by atoms with Crippen molar-refractivity contribution in [3.8, 4) is 0 Å². The lowest BCUT2D eigenvalue weighted by Crippen LogP contribution is -2.17. The largest absolute Gasteiger partial charge is 0.481 e. The normalized spacial score (nSPS) is 15.8. The average molecular weight is 520 g/mol. The zero-order valence-electron chi connectivity index (χ0n) is 20.1. The standard InChI is InChI=1S/C22H28ClN3S.C4H6O4/c1-26(22-18-10-13-24-12-9-16(18)7-8-19(22)23)20-15-25-14-11-21(20)27-17-5-3-2-4-6-17;5-3(6)1-2-4(7)8/h7-8,11,14-15,17,24H,2-6,9-10,12-13H2,1H3;1-2H2,(H,5,6)(H,7,8). The van der Waals surface area contributed by atoms with E-state index in [1.165, 1.54) is 53.8 Å². The molecule has 2 heterocycles.